The molecule has 2 aromatic carbocycles. The van der Waals surface area contributed by atoms with Crippen molar-refractivity contribution in [1.29, 1.82) is 5.26 Å². The minimum Gasteiger partial charge on any atom is -0.489 e. The summed E-state index contributed by atoms with van der Waals surface area (Å²) in [5.74, 6) is 0.756. The van der Waals surface area contributed by atoms with Crippen LogP contribution in [0.1, 0.15) is 18.4 Å². The van der Waals surface area contributed by atoms with E-state index < -0.39 is 0 Å². The van der Waals surface area contributed by atoms with Crippen LogP contribution in [0.5, 0.6) is 5.75 Å². The lowest BCUT2D eigenvalue weighted by molar-refractivity contribution is -0.131. The van der Waals surface area contributed by atoms with E-state index in [1.165, 1.54) is 0 Å². The maximum atomic E-state index is 12.4. The fraction of sp³-hybridized carbons (Fsp3) is 0.300. The maximum Gasteiger partial charge on any atom is 0.241 e. The van der Waals surface area contributed by atoms with Gasteiger partial charge in [-0.25, -0.2) is 0 Å². The van der Waals surface area contributed by atoms with Gasteiger partial charge in [-0.2, -0.15) is 5.26 Å². The van der Waals surface area contributed by atoms with Gasteiger partial charge in [0, 0.05) is 31.6 Å². The molecule has 1 aliphatic rings. The Morgan fingerprint density at radius 1 is 1.19 bits per heavy atom. The van der Waals surface area contributed by atoms with Crippen molar-refractivity contribution in [3.05, 3.63) is 59.1 Å². The van der Waals surface area contributed by atoms with E-state index in [0.29, 0.717) is 29.4 Å². The van der Waals surface area contributed by atoms with Crippen molar-refractivity contribution in [2.45, 2.75) is 18.9 Å². The van der Waals surface area contributed by atoms with E-state index in [2.05, 4.69) is 11.4 Å². The van der Waals surface area contributed by atoms with Crippen molar-refractivity contribution >= 4 is 23.2 Å². The molecule has 0 radical (unpaired) electrons. The predicted octanol–water partition coefficient (Wildman–Crippen LogP) is 3.69. The molecule has 0 saturated carbocycles. The van der Waals surface area contributed by atoms with Gasteiger partial charge in [-0.1, -0.05) is 23.7 Å². The third-order valence-electron chi connectivity index (χ3n) is 4.38. The summed E-state index contributed by atoms with van der Waals surface area (Å²) in [5, 5.41) is 12.5. The highest BCUT2D eigenvalue weighted by Crippen LogP contribution is 2.26. The van der Waals surface area contributed by atoms with Crippen molar-refractivity contribution in [2.75, 3.05) is 25.0 Å². The summed E-state index contributed by atoms with van der Waals surface area (Å²) >= 11 is 6.13. The first kappa shape index (κ1) is 18.1. The lowest BCUT2D eigenvalue weighted by Gasteiger charge is -2.32. The van der Waals surface area contributed by atoms with Crippen LogP contribution in [0.15, 0.2) is 48.5 Å². The standard InChI is InChI=1S/C20H20ClN3O2/c21-18-3-1-2-4-19(18)26-17-9-11-24(12-10-17)20(25)14-23-16-7-5-15(13-22)6-8-16/h1-8,17,23H,9-12,14H2. The summed E-state index contributed by atoms with van der Waals surface area (Å²) in [5.41, 5.74) is 1.43. The van der Waals surface area contributed by atoms with Crippen LogP contribution in [0, 0.1) is 11.3 Å². The second-order valence-electron chi connectivity index (χ2n) is 6.17. The highest BCUT2D eigenvalue weighted by atomic mass is 35.5. The summed E-state index contributed by atoms with van der Waals surface area (Å²) in [7, 11) is 0. The van der Waals surface area contributed by atoms with E-state index in [0.717, 1.165) is 18.5 Å². The van der Waals surface area contributed by atoms with Crippen molar-refractivity contribution in [2.24, 2.45) is 0 Å². The molecule has 2 aromatic rings. The number of nitriles is 1. The summed E-state index contributed by atoms with van der Waals surface area (Å²) in [6.45, 7) is 1.58. The van der Waals surface area contributed by atoms with Gasteiger partial charge >= 0.3 is 0 Å². The van der Waals surface area contributed by atoms with Crippen molar-refractivity contribution in [3.63, 3.8) is 0 Å². The molecule has 1 fully saturated rings. The molecular weight excluding hydrogens is 350 g/mol. The Morgan fingerprint density at radius 2 is 1.88 bits per heavy atom. The van der Waals surface area contributed by atoms with Crippen LogP contribution < -0.4 is 10.1 Å². The highest BCUT2D eigenvalue weighted by molar-refractivity contribution is 6.32. The van der Waals surface area contributed by atoms with Crippen LogP contribution in [-0.2, 0) is 4.79 Å². The molecule has 134 valence electrons. The lowest BCUT2D eigenvalue weighted by atomic mass is 10.1. The average molecular weight is 370 g/mol. The minimum atomic E-state index is 0.0607. The van der Waals surface area contributed by atoms with Crippen LogP contribution in [-0.4, -0.2) is 36.5 Å². The zero-order valence-corrected chi connectivity index (χ0v) is 15.1. The molecule has 26 heavy (non-hydrogen) atoms. The SMILES string of the molecule is N#Cc1ccc(NCC(=O)N2CCC(Oc3ccccc3Cl)CC2)cc1. The lowest BCUT2D eigenvalue weighted by Crippen LogP contribution is -2.44. The zero-order chi connectivity index (χ0) is 18.4. The van der Waals surface area contributed by atoms with Gasteiger partial charge in [0.2, 0.25) is 5.91 Å². The zero-order valence-electron chi connectivity index (χ0n) is 14.3. The molecule has 0 atom stereocenters. The van der Waals surface area contributed by atoms with E-state index in [1.807, 2.05) is 29.2 Å². The molecule has 0 spiro atoms. The highest BCUT2D eigenvalue weighted by Gasteiger charge is 2.24. The molecule has 1 N–H and O–H groups in total. The topological polar surface area (TPSA) is 65.4 Å². The van der Waals surface area contributed by atoms with Gasteiger partial charge in [0.1, 0.15) is 11.9 Å². The third kappa shape index (κ3) is 4.68. The first-order valence-electron chi connectivity index (χ1n) is 8.58. The molecule has 1 saturated heterocycles. The molecule has 0 aromatic heterocycles. The summed E-state index contributed by atoms with van der Waals surface area (Å²) in [4.78, 5) is 14.2. The van der Waals surface area contributed by atoms with Crippen molar-refractivity contribution in [3.8, 4) is 11.8 Å². The van der Waals surface area contributed by atoms with Crippen molar-refractivity contribution < 1.29 is 9.53 Å². The first-order chi connectivity index (χ1) is 12.7. The molecule has 0 aliphatic carbocycles. The number of nitrogens with one attached hydrogen (secondary N) is 1. The Balaban J connectivity index is 1.44. The number of carbonyl (C=O) groups excluding carboxylic acids is 1. The van der Waals surface area contributed by atoms with E-state index >= 15 is 0 Å². The number of halogens is 1. The third-order valence-corrected chi connectivity index (χ3v) is 4.69. The van der Waals surface area contributed by atoms with Gasteiger partial charge in [0.05, 0.1) is 23.2 Å². The number of likely N-dealkylation sites (tertiary alicyclic amines) is 1. The summed E-state index contributed by atoms with van der Waals surface area (Å²) in [6.07, 6.45) is 1.65. The van der Waals surface area contributed by atoms with Crippen LogP contribution in [0.4, 0.5) is 5.69 Å². The van der Waals surface area contributed by atoms with Crippen molar-refractivity contribution in [1.82, 2.24) is 4.90 Å². The number of ether oxygens (including phenoxy) is 1. The van der Waals surface area contributed by atoms with Gasteiger partial charge in [0.25, 0.3) is 0 Å². The second kappa shape index (κ2) is 8.59. The van der Waals surface area contributed by atoms with Crippen LogP contribution in [0.2, 0.25) is 5.02 Å². The number of benzene rings is 2. The van der Waals surface area contributed by atoms with Crippen LogP contribution >= 0.6 is 11.6 Å². The number of nitrogens with zero attached hydrogens (tertiary/aromatic N) is 2. The molecule has 1 aliphatic heterocycles. The number of anilines is 1. The quantitative estimate of drug-likeness (QED) is 0.872. The molecule has 3 rings (SSSR count). The summed E-state index contributed by atoms with van der Waals surface area (Å²) in [6, 6.07) is 16.6. The number of piperidine rings is 1. The van der Waals surface area contributed by atoms with E-state index in [4.69, 9.17) is 21.6 Å². The Bertz CT molecular complexity index is 793. The Hall–Kier alpha value is -2.71. The average Bonchev–Trinajstić information content (AvgIpc) is 2.69. The van der Waals surface area contributed by atoms with Gasteiger partial charge in [-0.15, -0.1) is 0 Å². The second-order valence-corrected chi connectivity index (χ2v) is 6.58. The molecule has 1 heterocycles. The molecular formula is C20H20ClN3O2. The normalized spacial score (nSPS) is 14.5. The number of rotatable bonds is 5. The number of hydrogen-bond acceptors (Lipinski definition) is 4. The molecule has 1 amide bonds. The number of carbonyl (C=O) groups is 1. The largest absolute Gasteiger partial charge is 0.489 e. The Morgan fingerprint density at radius 3 is 2.54 bits per heavy atom. The monoisotopic (exact) mass is 369 g/mol. The maximum absolute atomic E-state index is 12.4. The number of amides is 1. The molecule has 0 unspecified atom stereocenters. The van der Waals surface area contributed by atoms with E-state index in [1.54, 1.807) is 24.3 Å². The van der Waals surface area contributed by atoms with Gasteiger partial charge in [0.15, 0.2) is 0 Å². The number of para-hydroxylation sites is 1. The van der Waals surface area contributed by atoms with Gasteiger partial charge < -0.3 is 15.0 Å². The minimum absolute atomic E-state index is 0.0607. The molecule has 6 heteroatoms. The van der Waals surface area contributed by atoms with Crippen LogP contribution in [0.3, 0.4) is 0 Å². The molecule has 0 bridgehead atoms. The number of hydrogen-bond donors (Lipinski definition) is 1. The molecule has 5 nitrogen and oxygen atoms in total. The predicted molar refractivity (Wildman–Crippen MR) is 101 cm³/mol. The Kier molecular flexibility index (Phi) is 5.98. The summed E-state index contributed by atoms with van der Waals surface area (Å²) < 4.78 is 5.95. The Labute approximate surface area is 158 Å². The van der Waals surface area contributed by atoms with Gasteiger partial charge in [-0.05, 0) is 36.4 Å². The van der Waals surface area contributed by atoms with E-state index in [-0.39, 0.29) is 18.6 Å². The first-order valence-corrected chi connectivity index (χ1v) is 8.96. The fourth-order valence-electron chi connectivity index (χ4n) is 2.90. The smallest absolute Gasteiger partial charge is 0.241 e. The van der Waals surface area contributed by atoms with E-state index in [9.17, 15) is 4.79 Å². The van der Waals surface area contributed by atoms with Crippen LogP contribution in [0.25, 0.3) is 0 Å². The van der Waals surface area contributed by atoms with Gasteiger partial charge in [-0.3, -0.25) is 4.79 Å². The fourth-order valence-corrected chi connectivity index (χ4v) is 3.08.